The number of benzene rings is 2. The minimum Gasteiger partial charge on any atom is -0.468 e. The van der Waals surface area contributed by atoms with Gasteiger partial charge in [0, 0.05) is 24.1 Å². The van der Waals surface area contributed by atoms with Gasteiger partial charge in [-0.05, 0) is 12.1 Å². The summed E-state index contributed by atoms with van der Waals surface area (Å²) >= 11 is 0. The van der Waals surface area contributed by atoms with Crippen LogP contribution in [0.1, 0.15) is 18.3 Å². The first kappa shape index (κ1) is 17.2. The Kier molecular flexibility index (Phi) is 5.20. The normalized spacial score (nSPS) is 12.5. The summed E-state index contributed by atoms with van der Waals surface area (Å²) in [6.07, 6.45) is 1.57. The molecule has 1 aromatic heterocycles. The van der Waals surface area contributed by atoms with Crippen LogP contribution in [0, 0.1) is 0 Å². The summed E-state index contributed by atoms with van der Waals surface area (Å²) in [7, 11) is -3.09. The summed E-state index contributed by atoms with van der Waals surface area (Å²) in [5.74, 6) is 0.439. The SMILES string of the molecule is CC(=O)NCC(c1ccco1)P(=O)(c1ccccc1)c1ccccc1. The van der Waals surface area contributed by atoms with Crippen LogP contribution in [0.15, 0.2) is 83.5 Å². The Morgan fingerprint density at radius 2 is 1.52 bits per heavy atom. The first-order valence-corrected chi connectivity index (χ1v) is 9.89. The van der Waals surface area contributed by atoms with Crippen LogP contribution in [-0.2, 0) is 9.36 Å². The third kappa shape index (κ3) is 3.59. The molecule has 0 bridgehead atoms. The maximum Gasteiger partial charge on any atom is 0.216 e. The number of furan rings is 1. The summed E-state index contributed by atoms with van der Waals surface area (Å²) in [6.45, 7) is 1.69. The summed E-state index contributed by atoms with van der Waals surface area (Å²) in [5, 5.41) is 4.29. The van der Waals surface area contributed by atoms with Crippen molar-refractivity contribution >= 4 is 23.7 Å². The minimum atomic E-state index is -3.09. The van der Waals surface area contributed by atoms with Crippen LogP contribution in [0.2, 0.25) is 0 Å². The molecule has 25 heavy (non-hydrogen) atoms. The third-order valence-electron chi connectivity index (χ3n) is 4.13. The molecule has 0 fully saturated rings. The maximum atomic E-state index is 14.4. The predicted octanol–water partition coefficient (Wildman–Crippen LogP) is 3.47. The second-order valence-electron chi connectivity index (χ2n) is 5.80. The maximum absolute atomic E-state index is 14.4. The van der Waals surface area contributed by atoms with Crippen molar-refractivity contribution in [2.45, 2.75) is 12.6 Å². The van der Waals surface area contributed by atoms with Crippen molar-refractivity contribution in [1.29, 1.82) is 0 Å². The number of amides is 1. The van der Waals surface area contributed by atoms with E-state index >= 15 is 0 Å². The molecule has 1 N–H and O–H groups in total. The molecule has 0 aliphatic carbocycles. The molecule has 5 heteroatoms. The van der Waals surface area contributed by atoms with Gasteiger partial charge in [-0.2, -0.15) is 0 Å². The molecule has 3 aromatic rings. The molecule has 2 aromatic carbocycles. The van der Waals surface area contributed by atoms with E-state index in [0.29, 0.717) is 5.76 Å². The van der Waals surface area contributed by atoms with Gasteiger partial charge in [-0.15, -0.1) is 0 Å². The van der Waals surface area contributed by atoms with E-state index in [1.165, 1.54) is 6.92 Å². The number of hydrogen-bond acceptors (Lipinski definition) is 3. The van der Waals surface area contributed by atoms with Gasteiger partial charge in [0.1, 0.15) is 5.76 Å². The average Bonchev–Trinajstić information content (AvgIpc) is 3.17. The number of carbonyl (C=O) groups excluding carboxylic acids is 1. The fraction of sp³-hybridized carbons (Fsp3) is 0.150. The standard InChI is InChI=1S/C20H20NO3P/c1-16(22)21-15-20(19-13-8-14-24-19)25(23,17-9-4-2-5-10-17)18-11-6-3-7-12-18/h2-14,20H,15H2,1H3,(H,21,22). The highest BCUT2D eigenvalue weighted by atomic mass is 31.2. The lowest BCUT2D eigenvalue weighted by molar-refractivity contribution is -0.118. The van der Waals surface area contributed by atoms with E-state index in [1.807, 2.05) is 66.7 Å². The molecule has 0 saturated heterocycles. The van der Waals surface area contributed by atoms with Gasteiger partial charge < -0.3 is 14.3 Å². The van der Waals surface area contributed by atoms with Crippen molar-refractivity contribution in [1.82, 2.24) is 5.32 Å². The molecule has 128 valence electrons. The molecule has 0 radical (unpaired) electrons. The molecule has 0 aliphatic heterocycles. The molecule has 1 heterocycles. The number of rotatable bonds is 6. The quantitative estimate of drug-likeness (QED) is 0.691. The lowest BCUT2D eigenvalue weighted by Crippen LogP contribution is -2.31. The van der Waals surface area contributed by atoms with Crippen LogP contribution in [0.4, 0.5) is 0 Å². The summed E-state index contributed by atoms with van der Waals surface area (Å²) in [5.41, 5.74) is -0.476. The Hall–Kier alpha value is -2.58. The van der Waals surface area contributed by atoms with Crippen LogP contribution in [0.5, 0.6) is 0 Å². The van der Waals surface area contributed by atoms with Gasteiger partial charge in [0.15, 0.2) is 7.14 Å². The molecule has 0 aliphatic rings. The lowest BCUT2D eigenvalue weighted by atomic mass is 10.3. The van der Waals surface area contributed by atoms with Crippen molar-refractivity contribution in [2.75, 3.05) is 6.54 Å². The Bertz CT molecular complexity index is 817. The second-order valence-corrected chi connectivity index (χ2v) is 8.77. The molecule has 1 amide bonds. The summed E-state index contributed by atoms with van der Waals surface area (Å²) in [4.78, 5) is 11.5. The predicted molar refractivity (Wildman–Crippen MR) is 99.9 cm³/mol. The van der Waals surface area contributed by atoms with E-state index in [-0.39, 0.29) is 12.5 Å². The number of hydrogen-bond donors (Lipinski definition) is 1. The van der Waals surface area contributed by atoms with Gasteiger partial charge in [-0.1, -0.05) is 60.7 Å². The highest BCUT2D eigenvalue weighted by molar-refractivity contribution is 7.79. The molecule has 0 spiro atoms. The smallest absolute Gasteiger partial charge is 0.216 e. The van der Waals surface area contributed by atoms with Crippen molar-refractivity contribution in [3.63, 3.8) is 0 Å². The van der Waals surface area contributed by atoms with Crippen molar-refractivity contribution < 1.29 is 13.8 Å². The van der Waals surface area contributed by atoms with E-state index in [1.54, 1.807) is 12.3 Å². The Morgan fingerprint density at radius 3 is 1.96 bits per heavy atom. The molecule has 0 saturated carbocycles. The summed E-state index contributed by atoms with van der Waals surface area (Å²) < 4.78 is 20.0. The monoisotopic (exact) mass is 353 g/mol. The largest absolute Gasteiger partial charge is 0.468 e. The van der Waals surface area contributed by atoms with Crippen molar-refractivity contribution in [3.8, 4) is 0 Å². The van der Waals surface area contributed by atoms with Crippen molar-refractivity contribution in [3.05, 3.63) is 84.8 Å². The van der Waals surface area contributed by atoms with Crippen LogP contribution in [0.25, 0.3) is 0 Å². The zero-order chi connectivity index (χ0) is 17.7. The second kappa shape index (κ2) is 7.54. The zero-order valence-corrected chi connectivity index (χ0v) is 14.9. The average molecular weight is 353 g/mol. The Morgan fingerprint density at radius 1 is 0.960 bits per heavy atom. The van der Waals surface area contributed by atoms with E-state index in [4.69, 9.17) is 4.42 Å². The Labute approximate surface area is 147 Å². The molecule has 4 nitrogen and oxygen atoms in total. The van der Waals surface area contributed by atoms with Gasteiger partial charge in [-0.25, -0.2) is 0 Å². The zero-order valence-electron chi connectivity index (χ0n) is 14.0. The topological polar surface area (TPSA) is 59.3 Å². The minimum absolute atomic E-state index is 0.163. The Balaban J connectivity index is 2.17. The molecular formula is C20H20NO3P. The molecule has 1 atom stereocenters. The van der Waals surface area contributed by atoms with Gasteiger partial charge >= 0.3 is 0 Å². The highest BCUT2D eigenvalue weighted by Gasteiger charge is 2.39. The molecule has 1 unspecified atom stereocenters. The first-order valence-electron chi connectivity index (χ1n) is 8.11. The van der Waals surface area contributed by atoms with E-state index < -0.39 is 12.8 Å². The fourth-order valence-electron chi connectivity index (χ4n) is 2.94. The van der Waals surface area contributed by atoms with Gasteiger partial charge in [0.05, 0.1) is 11.9 Å². The van der Waals surface area contributed by atoms with Crippen LogP contribution in [0.3, 0.4) is 0 Å². The van der Waals surface area contributed by atoms with Crippen molar-refractivity contribution in [2.24, 2.45) is 0 Å². The van der Waals surface area contributed by atoms with Gasteiger partial charge in [0.25, 0.3) is 0 Å². The van der Waals surface area contributed by atoms with Crippen LogP contribution < -0.4 is 15.9 Å². The molecular weight excluding hydrogens is 333 g/mol. The lowest BCUT2D eigenvalue weighted by Gasteiger charge is -2.27. The van der Waals surface area contributed by atoms with Gasteiger partial charge in [0.2, 0.25) is 5.91 Å². The summed E-state index contributed by atoms with van der Waals surface area (Å²) in [6, 6.07) is 22.4. The highest BCUT2D eigenvalue weighted by Crippen LogP contribution is 2.56. The van der Waals surface area contributed by atoms with E-state index in [9.17, 15) is 9.36 Å². The molecule has 3 rings (SSSR count). The van der Waals surface area contributed by atoms with E-state index in [0.717, 1.165) is 10.6 Å². The number of nitrogens with one attached hydrogen (secondary N) is 1. The third-order valence-corrected chi connectivity index (χ3v) is 7.58. The van der Waals surface area contributed by atoms with Gasteiger partial charge in [-0.3, -0.25) is 4.79 Å². The van der Waals surface area contributed by atoms with Crippen LogP contribution in [-0.4, -0.2) is 12.5 Å². The first-order chi connectivity index (χ1) is 12.1. The number of carbonyl (C=O) groups is 1. The van der Waals surface area contributed by atoms with E-state index in [2.05, 4.69) is 5.32 Å². The van der Waals surface area contributed by atoms with Crippen LogP contribution >= 0.6 is 7.14 Å². The fourth-order valence-corrected chi connectivity index (χ4v) is 6.04.